The molecule has 0 radical (unpaired) electrons. The highest BCUT2D eigenvalue weighted by Gasteiger charge is 2.21. The number of aryl methyl sites for hydroxylation is 1. The van der Waals surface area contributed by atoms with Gasteiger partial charge in [-0.3, -0.25) is 0 Å². The number of hydrogen-bond donors (Lipinski definition) is 3. The fourth-order valence-corrected chi connectivity index (χ4v) is 2.43. The van der Waals surface area contributed by atoms with Crippen molar-refractivity contribution in [2.45, 2.75) is 45.3 Å². The van der Waals surface area contributed by atoms with Crippen LogP contribution in [-0.2, 0) is 13.0 Å². The third kappa shape index (κ3) is 6.22. The number of imidazole rings is 1. The van der Waals surface area contributed by atoms with Gasteiger partial charge in [0.25, 0.3) is 0 Å². The Balaban J connectivity index is 2.43. The Kier molecular flexibility index (Phi) is 6.95. The van der Waals surface area contributed by atoms with Crippen LogP contribution in [0.4, 0.5) is 0 Å². The number of H-pyrrole nitrogens is 1. The summed E-state index contributed by atoms with van der Waals surface area (Å²) in [5.74, 6) is 0.939. The Labute approximate surface area is 126 Å². The number of rotatable bonds is 9. The fraction of sp³-hybridized carbons (Fsp3) is 0.786. The first-order valence-corrected chi connectivity index (χ1v) is 7.53. The molecule has 0 saturated carbocycles. The lowest BCUT2D eigenvalue weighted by atomic mass is 10.1. The van der Waals surface area contributed by atoms with Gasteiger partial charge in [0.2, 0.25) is 0 Å². The van der Waals surface area contributed by atoms with E-state index in [-0.39, 0.29) is 0 Å². The van der Waals surface area contributed by atoms with Gasteiger partial charge in [0.1, 0.15) is 5.82 Å². The predicted molar refractivity (Wildman–Crippen MR) is 83.1 cm³/mol. The zero-order valence-electron chi connectivity index (χ0n) is 13.0. The average molecular weight is 303 g/mol. The number of likely N-dealkylation sites (N-methyl/N-ethyl adjacent to an activating group) is 1. The maximum Gasteiger partial charge on any atom is 0.151 e. The first kappa shape index (κ1) is 17.4. The molecule has 0 aliphatic carbocycles. The van der Waals surface area contributed by atoms with Gasteiger partial charge in [0.15, 0.2) is 5.15 Å². The molecule has 1 rings (SSSR count). The second-order valence-corrected chi connectivity index (χ2v) is 6.25. The van der Waals surface area contributed by atoms with Crippen LogP contribution in [0.5, 0.6) is 0 Å². The molecule has 3 N–H and O–H groups in total. The zero-order valence-corrected chi connectivity index (χ0v) is 13.7. The van der Waals surface area contributed by atoms with Gasteiger partial charge in [0, 0.05) is 26.1 Å². The average Bonchev–Trinajstić information content (AvgIpc) is 2.65. The van der Waals surface area contributed by atoms with E-state index in [0.717, 1.165) is 30.8 Å². The highest BCUT2D eigenvalue weighted by molar-refractivity contribution is 6.30. The number of nitrogens with one attached hydrogen (secondary N) is 2. The van der Waals surface area contributed by atoms with Crippen molar-refractivity contribution in [3.05, 3.63) is 16.7 Å². The quantitative estimate of drug-likeness (QED) is 0.651. The Hall–Kier alpha value is -0.620. The van der Waals surface area contributed by atoms with Crippen LogP contribution in [0.25, 0.3) is 0 Å². The second-order valence-electron chi connectivity index (χ2n) is 5.89. The first-order chi connectivity index (χ1) is 9.34. The van der Waals surface area contributed by atoms with Crippen molar-refractivity contribution in [3.63, 3.8) is 0 Å². The number of nitrogens with zero attached hydrogens (tertiary/aromatic N) is 2. The van der Waals surface area contributed by atoms with E-state index >= 15 is 0 Å². The number of aromatic amines is 1. The third-order valence-electron chi connectivity index (χ3n) is 3.01. The summed E-state index contributed by atoms with van der Waals surface area (Å²) < 4.78 is 0. The summed E-state index contributed by atoms with van der Waals surface area (Å²) in [5, 5.41) is 13.9. The van der Waals surface area contributed by atoms with Crippen molar-refractivity contribution in [2.24, 2.45) is 0 Å². The van der Waals surface area contributed by atoms with E-state index in [1.807, 2.05) is 25.9 Å². The molecule has 0 spiro atoms. The number of halogens is 1. The molecule has 5 nitrogen and oxygen atoms in total. The minimum absolute atomic E-state index is 0.505. The van der Waals surface area contributed by atoms with Crippen LogP contribution in [0, 0.1) is 0 Å². The van der Waals surface area contributed by atoms with Gasteiger partial charge < -0.3 is 20.3 Å². The molecular formula is C14H27ClN4O. The monoisotopic (exact) mass is 302 g/mol. The predicted octanol–water partition coefficient (Wildman–Crippen LogP) is 1.81. The summed E-state index contributed by atoms with van der Waals surface area (Å²) in [5.41, 5.74) is 0.125. The number of hydrogen-bond acceptors (Lipinski definition) is 4. The molecule has 116 valence electrons. The van der Waals surface area contributed by atoms with Crippen LogP contribution >= 0.6 is 11.6 Å². The van der Waals surface area contributed by atoms with Crippen molar-refractivity contribution >= 4 is 11.6 Å². The van der Waals surface area contributed by atoms with E-state index in [1.54, 1.807) is 0 Å². The number of unbranched alkanes of at least 4 members (excludes halogenated alkanes) is 1. The van der Waals surface area contributed by atoms with Gasteiger partial charge in [-0.05, 0) is 27.4 Å². The van der Waals surface area contributed by atoms with E-state index in [9.17, 15) is 5.11 Å². The van der Waals surface area contributed by atoms with Crippen LogP contribution in [0.15, 0.2) is 0 Å². The highest BCUT2D eigenvalue weighted by Crippen LogP contribution is 2.14. The van der Waals surface area contributed by atoms with Gasteiger partial charge >= 0.3 is 0 Å². The molecule has 0 fully saturated rings. The van der Waals surface area contributed by atoms with Crippen molar-refractivity contribution in [3.8, 4) is 0 Å². The molecule has 1 atom stereocenters. The van der Waals surface area contributed by atoms with E-state index < -0.39 is 5.60 Å². The summed E-state index contributed by atoms with van der Waals surface area (Å²) in [4.78, 5) is 9.52. The summed E-state index contributed by atoms with van der Waals surface area (Å²) in [6.45, 7) is 5.67. The SMILES string of the molecule is CCCCc1nc(Cl)c(CNCC(C)(O)CN(C)C)[nH]1. The van der Waals surface area contributed by atoms with Crippen LogP contribution < -0.4 is 5.32 Å². The molecule has 1 heterocycles. The zero-order chi connectivity index (χ0) is 15.2. The molecular weight excluding hydrogens is 276 g/mol. The van der Waals surface area contributed by atoms with Crippen molar-refractivity contribution in [2.75, 3.05) is 27.2 Å². The summed E-state index contributed by atoms with van der Waals surface area (Å²) in [7, 11) is 3.89. The molecule has 6 heteroatoms. The minimum Gasteiger partial charge on any atom is -0.388 e. The Bertz CT molecular complexity index is 404. The molecule has 1 unspecified atom stereocenters. The largest absolute Gasteiger partial charge is 0.388 e. The smallest absolute Gasteiger partial charge is 0.151 e. The number of aliphatic hydroxyl groups is 1. The third-order valence-corrected chi connectivity index (χ3v) is 3.32. The van der Waals surface area contributed by atoms with E-state index in [1.165, 1.54) is 0 Å². The standard InChI is InChI=1S/C14H27ClN4O/c1-5-6-7-12-17-11(13(15)18-12)8-16-9-14(2,20)10-19(3)4/h16,20H,5-10H2,1-4H3,(H,17,18). The van der Waals surface area contributed by atoms with Crippen LogP contribution in [0.2, 0.25) is 5.15 Å². The fourth-order valence-electron chi connectivity index (χ4n) is 2.21. The molecule has 0 amide bonds. The van der Waals surface area contributed by atoms with Gasteiger partial charge in [-0.25, -0.2) is 4.98 Å². The van der Waals surface area contributed by atoms with E-state index in [0.29, 0.717) is 24.8 Å². The van der Waals surface area contributed by atoms with Crippen molar-refractivity contribution in [1.82, 2.24) is 20.2 Å². The van der Waals surface area contributed by atoms with Crippen LogP contribution in [0.3, 0.4) is 0 Å². The Morgan fingerprint density at radius 3 is 2.75 bits per heavy atom. The molecule has 1 aromatic heterocycles. The molecule has 0 aliphatic heterocycles. The van der Waals surface area contributed by atoms with Gasteiger partial charge in [-0.2, -0.15) is 0 Å². The minimum atomic E-state index is -0.763. The second kappa shape index (κ2) is 7.98. The van der Waals surface area contributed by atoms with Gasteiger partial charge in [-0.15, -0.1) is 0 Å². The molecule has 1 aromatic rings. The molecule has 0 aliphatic rings. The molecule has 20 heavy (non-hydrogen) atoms. The van der Waals surface area contributed by atoms with Gasteiger partial charge in [-0.1, -0.05) is 24.9 Å². The lowest BCUT2D eigenvalue weighted by Gasteiger charge is -2.27. The topological polar surface area (TPSA) is 64.2 Å². The number of aromatic nitrogens is 2. The van der Waals surface area contributed by atoms with Crippen LogP contribution in [-0.4, -0.2) is 52.8 Å². The van der Waals surface area contributed by atoms with Crippen LogP contribution in [0.1, 0.15) is 38.2 Å². The van der Waals surface area contributed by atoms with Crippen molar-refractivity contribution < 1.29 is 5.11 Å². The van der Waals surface area contributed by atoms with Crippen molar-refractivity contribution in [1.29, 1.82) is 0 Å². The summed E-state index contributed by atoms with van der Waals surface area (Å²) >= 11 is 6.11. The molecule has 0 saturated heterocycles. The summed E-state index contributed by atoms with van der Waals surface area (Å²) in [6.07, 6.45) is 3.17. The van der Waals surface area contributed by atoms with Gasteiger partial charge in [0.05, 0.1) is 11.3 Å². The molecule has 0 bridgehead atoms. The lowest BCUT2D eigenvalue weighted by molar-refractivity contribution is 0.0335. The first-order valence-electron chi connectivity index (χ1n) is 7.15. The Morgan fingerprint density at radius 2 is 2.15 bits per heavy atom. The maximum absolute atomic E-state index is 10.2. The lowest BCUT2D eigenvalue weighted by Crippen LogP contribution is -2.45. The van der Waals surface area contributed by atoms with E-state index in [2.05, 4.69) is 22.2 Å². The normalized spacial score (nSPS) is 14.8. The maximum atomic E-state index is 10.2. The summed E-state index contributed by atoms with van der Waals surface area (Å²) in [6, 6.07) is 0. The van der Waals surface area contributed by atoms with E-state index in [4.69, 9.17) is 11.6 Å². The molecule has 0 aromatic carbocycles. The Morgan fingerprint density at radius 1 is 1.45 bits per heavy atom. The highest BCUT2D eigenvalue weighted by atomic mass is 35.5.